The van der Waals surface area contributed by atoms with Crippen molar-refractivity contribution in [2.24, 2.45) is 0 Å². The fraction of sp³-hybridized carbons (Fsp3) is 0.231. The molecule has 0 unspecified atom stereocenters. The van der Waals surface area contributed by atoms with Gasteiger partial charge in [-0.05, 0) is 25.1 Å². The molecule has 3 nitrogen and oxygen atoms in total. The largest absolute Gasteiger partial charge is 0.312 e. The lowest BCUT2D eigenvalue weighted by Crippen LogP contribution is -2.38. The second kappa shape index (κ2) is 4.31. The minimum atomic E-state index is -0.0646. The van der Waals surface area contributed by atoms with Gasteiger partial charge in [0, 0.05) is 24.2 Å². The maximum Gasteiger partial charge on any atom is 0.258 e. The summed E-state index contributed by atoms with van der Waals surface area (Å²) in [7, 11) is 0. The number of nitrogens with zero attached hydrogens (tertiary/aromatic N) is 1. The van der Waals surface area contributed by atoms with Crippen molar-refractivity contribution in [3.8, 4) is 0 Å². The summed E-state index contributed by atoms with van der Waals surface area (Å²) in [6, 6.07) is 9.02. The highest BCUT2D eigenvalue weighted by atomic mass is 16.2. The Labute approximate surface area is 94.4 Å². The lowest BCUT2D eigenvalue weighted by molar-refractivity contribution is -0.115. The lowest BCUT2D eigenvalue weighted by Gasteiger charge is -2.28. The van der Waals surface area contributed by atoms with E-state index in [9.17, 15) is 9.59 Å². The van der Waals surface area contributed by atoms with Crippen LogP contribution in [0.1, 0.15) is 23.7 Å². The summed E-state index contributed by atoms with van der Waals surface area (Å²) < 4.78 is 0. The predicted molar refractivity (Wildman–Crippen MR) is 60.8 cm³/mol. The van der Waals surface area contributed by atoms with Crippen LogP contribution in [0.25, 0.3) is 0 Å². The van der Waals surface area contributed by atoms with E-state index in [-0.39, 0.29) is 17.7 Å². The zero-order valence-corrected chi connectivity index (χ0v) is 9.09. The monoisotopic (exact) mass is 215 g/mol. The molecule has 1 heterocycles. The second-order valence-corrected chi connectivity index (χ2v) is 3.91. The Balaban J connectivity index is 2.23. The quantitative estimate of drug-likeness (QED) is 0.718. The number of amides is 1. The Bertz CT molecular complexity index is 437. The molecular weight excluding hydrogens is 202 g/mol. The highest BCUT2D eigenvalue weighted by molar-refractivity contribution is 5.98. The molecule has 16 heavy (non-hydrogen) atoms. The molecule has 1 aromatic rings. The Morgan fingerprint density at radius 3 is 2.62 bits per heavy atom. The summed E-state index contributed by atoms with van der Waals surface area (Å²) in [6.07, 6.45) is 3.43. The topological polar surface area (TPSA) is 37.4 Å². The van der Waals surface area contributed by atoms with E-state index in [4.69, 9.17) is 0 Å². The van der Waals surface area contributed by atoms with Crippen molar-refractivity contribution in [1.29, 1.82) is 0 Å². The van der Waals surface area contributed by atoms with E-state index >= 15 is 0 Å². The molecule has 0 saturated carbocycles. The third kappa shape index (κ3) is 2.03. The highest BCUT2D eigenvalue weighted by Crippen LogP contribution is 2.15. The number of rotatable bonds is 1. The minimum Gasteiger partial charge on any atom is -0.312 e. The van der Waals surface area contributed by atoms with E-state index < -0.39 is 0 Å². The molecule has 0 aromatic heterocycles. The van der Waals surface area contributed by atoms with E-state index in [2.05, 4.69) is 0 Å². The van der Waals surface area contributed by atoms with E-state index in [1.54, 1.807) is 23.2 Å². The Morgan fingerprint density at radius 2 is 2.00 bits per heavy atom. The standard InChI is InChI=1S/C13H13NO2/c1-10-9-12(15)7-8-14(10)13(16)11-5-3-2-4-6-11/h2-8,10H,9H2,1H3/t10-/m0/s1. The first-order valence-electron chi connectivity index (χ1n) is 5.27. The molecule has 0 saturated heterocycles. The summed E-state index contributed by atoms with van der Waals surface area (Å²) in [5.41, 5.74) is 0.647. The Hall–Kier alpha value is -1.90. The third-order valence-electron chi connectivity index (χ3n) is 2.65. The van der Waals surface area contributed by atoms with Crippen LogP contribution in [0.5, 0.6) is 0 Å². The normalized spacial score (nSPS) is 19.9. The SMILES string of the molecule is C[C@H]1CC(=O)C=CN1C(=O)c1ccccc1. The van der Waals surface area contributed by atoms with Gasteiger partial charge < -0.3 is 4.90 Å². The summed E-state index contributed by atoms with van der Waals surface area (Å²) >= 11 is 0. The van der Waals surface area contributed by atoms with E-state index in [1.807, 2.05) is 25.1 Å². The average molecular weight is 215 g/mol. The van der Waals surface area contributed by atoms with Gasteiger partial charge in [-0.25, -0.2) is 0 Å². The molecule has 2 rings (SSSR count). The van der Waals surface area contributed by atoms with Crippen LogP contribution in [0.2, 0.25) is 0 Å². The molecule has 0 aliphatic carbocycles. The lowest BCUT2D eigenvalue weighted by atomic mass is 10.1. The van der Waals surface area contributed by atoms with Crippen molar-refractivity contribution >= 4 is 11.7 Å². The van der Waals surface area contributed by atoms with Gasteiger partial charge in [0.05, 0.1) is 0 Å². The van der Waals surface area contributed by atoms with Crippen LogP contribution in [0, 0.1) is 0 Å². The first-order chi connectivity index (χ1) is 7.68. The number of hydrogen-bond donors (Lipinski definition) is 0. The van der Waals surface area contributed by atoms with Crippen LogP contribution < -0.4 is 0 Å². The molecule has 0 fully saturated rings. The summed E-state index contributed by atoms with van der Waals surface area (Å²) in [5, 5.41) is 0. The molecule has 82 valence electrons. The zero-order valence-electron chi connectivity index (χ0n) is 9.09. The van der Waals surface area contributed by atoms with Crippen molar-refractivity contribution in [3.63, 3.8) is 0 Å². The third-order valence-corrected chi connectivity index (χ3v) is 2.65. The van der Waals surface area contributed by atoms with Crippen LogP contribution in [0.3, 0.4) is 0 Å². The van der Waals surface area contributed by atoms with Gasteiger partial charge in [0.1, 0.15) is 0 Å². The predicted octanol–water partition coefficient (Wildman–Crippen LogP) is 2.00. The highest BCUT2D eigenvalue weighted by Gasteiger charge is 2.24. The fourth-order valence-electron chi connectivity index (χ4n) is 1.77. The van der Waals surface area contributed by atoms with Gasteiger partial charge in [-0.1, -0.05) is 18.2 Å². The molecule has 1 aromatic carbocycles. The number of hydrogen-bond acceptors (Lipinski definition) is 2. The van der Waals surface area contributed by atoms with Crippen molar-refractivity contribution in [1.82, 2.24) is 4.90 Å². The maximum atomic E-state index is 12.1. The van der Waals surface area contributed by atoms with E-state index in [0.717, 1.165) is 0 Å². The first kappa shape index (κ1) is 10.6. The Kier molecular flexibility index (Phi) is 2.86. The molecule has 1 amide bonds. The molecule has 0 spiro atoms. The van der Waals surface area contributed by atoms with Crippen LogP contribution in [-0.2, 0) is 4.79 Å². The van der Waals surface area contributed by atoms with Crippen LogP contribution >= 0.6 is 0 Å². The number of carbonyl (C=O) groups excluding carboxylic acids is 2. The molecular formula is C13H13NO2. The second-order valence-electron chi connectivity index (χ2n) is 3.91. The van der Waals surface area contributed by atoms with Gasteiger partial charge in [-0.3, -0.25) is 9.59 Å². The van der Waals surface area contributed by atoms with Gasteiger partial charge in [0.25, 0.3) is 5.91 Å². The molecule has 0 radical (unpaired) electrons. The Morgan fingerprint density at radius 1 is 1.31 bits per heavy atom. The summed E-state index contributed by atoms with van der Waals surface area (Å²) in [5.74, 6) is 0.0152. The van der Waals surface area contributed by atoms with E-state index in [0.29, 0.717) is 12.0 Å². The van der Waals surface area contributed by atoms with Gasteiger partial charge in [-0.2, -0.15) is 0 Å². The van der Waals surface area contributed by atoms with Crippen molar-refractivity contribution < 1.29 is 9.59 Å². The van der Waals surface area contributed by atoms with Crippen molar-refractivity contribution in [2.75, 3.05) is 0 Å². The first-order valence-corrected chi connectivity index (χ1v) is 5.27. The number of carbonyl (C=O) groups is 2. The molecule has 1 aliphatic heterocycles. The van der Waals surface area contributed by atoms with Crippen molar-refractivity contribution in [2.45, 2.75) is 19.4 Å². The van der Waals surface area contributed by atoms with E-state index in [1.165, 1.54) is 6.08 Å². The van der Waals surface area contributed by atoms with Crippen LogP contribution in [-0.4, -0.2) is 22.6 Å². The number of allylic oxidation sites excluding steroid dienone is 1. The van der Waals surface area contributed by atoms with Gasteiger partial charge in [0.15, 0.2) is 5.78 Å². The summed E-state index contributed by atoms with van der Waals surface area (Å²) in [4.78, 5) is 24.8. The smallest absolute Gasteiger partial charge is 0.258 e. The maximum absolute atomic E-state index is 12.1. The zero-order chi connectivity index (χ0) is 11.5. The van der Waals surface area contributed by atoms with Gasteiger partial charge in [0.2, 0.25) is 0 Å². The summed E-state index contributed by atoms with van der Waals surface area (Å²) in [6.45, 7) is 1.88. The molecule has 1 atom stereocenters. The molecule has 0 bridgehead atoms. The van der Waals surface area contributed by atoms with Gasteiger partial charge >= 0.3 is 0 Å². The number of benzene rings is 1. The fourth-order valence-corrected chi connectivity index (χ4v) is 1.77. The molecule has 1 aliphatic rings. The molecule has 3 heteroatoms. The number of ketones is 1. The van der Waals surface area contributed by atoms with Crippen LogP contribution in [0.4, 0.5) is 0 Å². The minimum absolute atomic E-state index is 0.0585. The molecule has 0 N–H and O–H groups in total. The van der Waals surface area contributed by atoms with Crippen molar-refractivity contribution in [3.05, 3.63) is 48.2 Å². The average Bonchev–Trinajstić information content (AvgIpc) is 2.29. The van der Waals surface area contributed by atoms with Crippen LogP contribution in [0.15, 0.2) is 42.6 Å². The van der Waals surface area contributed by atoms with Gasteiger partial charge in [-0.15, -0.1) is 0 Å².